The number of likely N-dealkylation sites (tertiary alicyclic amines) is 1. The van der Waals surface area contributed by atoms with E-state index < -0.39 is 6.10 Å². The number of β-amino-alcohol motifs (C(OH)–C–C–N with tert-alkyl or cyclic N) is 1. The van der Waals surface area contributed by atoms with Gasteiger partial charge in [0.1, 0.15) is 0 Å². The summed E-state index contributed by atoms with van der Waals surface area (Å²) in [6.07, 6.45) is 3.79. The summed E-state index contributed by atoms with van der Waals surface area (Å²) in [4.78, 5) is 18.0. The van der Waals surface area contributed by atoms with Gasteiger partial charge in [-0.05, 0) is 18.6 Å². The molecule has 3 rings (SSSR count). The van der Waals surface area contributed by atoms with Crippen molar-refractivity contribution in [1.82, 2.24) is 24.6 Å². The van der Waals surface area contributed by atoms with E-state index in [9.17, 15) is 15.0 Å². The first-order valence-corrected chi connectivity index (χ1v) is 9.58. The van der Waals surface area contributed by atoms with Gasteiger partial charge >= 0.3 is 0 Å². The maximum atomic E-state index is 12.3. The summed E-state index contributed by atoms with van der Waals surface area (Å²) in [6.45, 7) is 0.845. The molecule has 0 spiro atoms. The van der Waals surface area contributed by atoms with Gasteiger partial charge in [-0.15, -0.1) is 10.2 Å². The monoisotopic (exact) mass is 377 g/mol. The number of aliphatic hydroxyl groups is 2. The third-order valence-corrected chi connectivity index (χ3v) is 5.65. The van der Waals surface area contributed by atoms with Crippen LogP contribution in [0.5, 0.6) is 0 Å². The van der Waals surface area contributed by atoms with E-state index in [2.05, 4.69) is 15.2 Å². The number of carbonyl (C=O) groups excluding carboxylic acids is 1. The van der Waals surface area contributed by atoms with E-state index in [1.807, 2.05) is 23.7 Å². The van der Waals surface area contributed by atoms with Crippen molar-refractivity contribution in [2.24, 2.45) is 13.0 Å². The van der Waals surface area contributed by atoms with Crippen LogP contribution in [0.25, 0.3) is 11.4 Å². The number of thioether (sulfide) groups is 1. The van der Waals surface area contributed by atoms with Crippen molar-refractivity contribution in [3.63, 3.8) is 0 Å². The van der Waals surface area contributed by atoms with Gasteiger partial charge in [0.15, 0.2) is 11.0 Å². The van der Waals surface area contributed by atoms with Crippen molar-refractivity contribution in [2.45, 2.75) is 24.1 Å². The average molecular weight is 377 g/mol. The van der Waals surface area contributed by atoms with Gasteiger partial charge in [0, 0.05) is 62.8 Å². The molecule has 0 radical (unpaired) electrons. The number of nitrogens with zero attached hydrogens (tertiary/aromatic N) is 5. The molecule has 26 heavy (non-hydrogen) atoms. The number of piperidine rings is 1. The van der Waals surface area contributed by atoms with Crippen LogP contribution in [0.1, 0.15) is 12.8 Å². The first-order valence-electron chi connectivity index (χ1n) is 8.59. The molecule has 140 valence electrons. The molecular formula is C17H23N5O3S. The van der Waals surface area contributed by atoms with Crippen LogP contribution in [0.4, 0.5) is 0 Å². The number of aliphatic hydroxyl groups excluding tert-OH is 2. The summed E-state index contributed by atoms with van der Waals surface area (Å²) >= 11 is 1.48. The van der Waals surface area contributed by atoms with E-state index in [4.69, 9.17) is 0 Å². The molecule has 0 bridgehead atoms. The fourth-order valence-electron chi connectivity index (χ4n) is 3.00. The number of carbonyl (C=O) groups is 1. The normalized spacial score (nSPS) is 20.3. The van der Waals surface area contributed by atoms with Crippen LogP contribution in [0.2, 0.25) is 0 Å². The highest BCUT2D eigenvalue weighted by molar-refractivity contribution is 7.99. The lowest BCUT2D eigenvalue weighted by molar-refractivity contribution is -0.135. The summed E-state index contributed by atoms with van der Waals surface area (Å²) in [5, 5.41) is 28.3. The molecule has 0 aliphatic carbocycles. The van der Waals surface area contributed by atoms with Gasteiger partial charge in [-0.3, -0.25) is 9.78 Å². The maximum Gasteiger partial charge on any atom is 0.223 e. The quantitative estimate of drug-likeness (QED) is 0.709. The standard InChI is InChI=1S/C17H23N5O3S/c1-21-16(12-2-6-18-7-3-12)19-20-17(21)26-9-5-15(25)22-8-4-13(11-23)14(24)10-22/h2-3,6-7,13-14,23-24H,4-5,8-11H2,1H3/t13-,14+/m1/s1. The largest absolute Gasteiger partial charge is 0.396 e. The molecule has 2 atom stereocenters. The fourth-order valence-corrected chi connectivity index (χ4v) is 3.84. The molecule has 1 fully saturated rings. The molecule has 0 saturated carbocycles. The number of hydrogen-bond acceptors (Lipinski definition) is 7. The lowest BCUT2D eigenvalue weighted by Crippen LogP contribution is -2.47. The minimum Gasteiger partial charge on any atom is -0.396 e. The Balaban J connectivity index is 1.51. The van der Waals surface area contributed by atoms with Crippen molar-refractivity contribution >= 4 is 17.7 Å². The number of pyridine rings is 1. The summed E-state index contributed by atoms with van der Waals surface area (Å²) in [7, 11) is 1.90. The van der Waals surface area contributed by atoms with Crippen LogP contribution in [0.15, 0.2) is 29.7 Å². The van der Waals surface area contributed by atoms with Crippen LogP contribution >= 0.6 is 11.8 Å². The zero-order valence-corrected chi connectivity index (χ0v) is 15.5. The molecule has 1 aliphatic heterocycles. The van der Waals surface area contributed by atoms with Crippen LogP contribution in [0, 0.1) is 5.92 Å². The van der Waals surface area contributed by atoms with Crippen molar-refractivity contribution in [1.29, 1.82) is 0 Å². The fraction of sp³-hybridized carbons (Fsp3) is 0.529. The molecule has 2 aromatic rings. The molecule has 0 aromatic carbocycles. The number of hydrogen-bond donors (Lipinski definition) is 2. The molecule has 1 saturated heterocycles. The molecular weight excluding hydrogens is 354 g/mol. The lowest BCUT2D eigenvalue weighted by atomic mass is 9.94. The highest BCUT2D eigenvalue weighted by Crippen LogP contribution is 2.23. The van der Waals surface area contributed by atoms with Gasteiger partial charge in [0.2, 0.25) is 5.91 Å². The summed E-state index contributed by atoms with van der Waals surface area (Å²) in [5.74, 6) is 1.25. The van der Waals surface area contributed by atoms with Crippen LogP contribution < -0.4 is 0 Å². The van der Waals surface area contributed by atoms with Gasteiger partial charge in [-0.1, -0.05) is 11.8 Å². The Morgan fingerprint density at radius 1 is 1.35 bits per heavy atom. The average Bonchev–Trinajstić information content (AvgIpc) is 3.03. The highest BCUT2D eigenvalue weighted by atomic mass is 32.2. The second-order valence-corrected chi connectivity index (χ2v) is 7.40. The Morgan fingerprint density at radius 2 is 2.12 bits per heavy atom. The zero-order valence-electron chi connectivity index (χ0n) is 14.7. The Bertz CT molecular complexity index is 739. The Hall–Kier alpha value is -1.97. The zero-order chi connectivity index (χ0) is 18.5. The second kappa shape index (κ2) is 8.61. The maximum absolute atomic E-state index is 12.3. The van der Waals surface area contributed by atoms with Crippen molar-refractivity contribution < 1.29 is 15.0 Å². The minimum absolute atomic E-state index is 0.0180. The smallest absolute Gasteiger partial charge is 0.223 e. The van der Waals surface area contributed by atoms with E-state index in [0.717, 1.165) is 16.5 Å². The van der Waals surface area contributed by atoms with E-state index in [0.29, 0.717) is 31.7 Å². The van der Waals surface area contributed by atoms with Crippen LogP contribution in [-0.4, -0.2) is 72.3 Å². The van der Waals surface area contributed by atoms with E-state index in [1.54, 1.807) is 17.3 Å². The summed E-state index contributed by atoms with van der Waals surface area (Å²) in [5.41, 5.74) is 0.943. The van der Waals surface area contributed by atoms with Crippen molar-refractivity contribution in [3.8, 4) is 11.4 Å². The minimum atomic E-state index is -0.646. The molecule has 2 N–H and O–H groups in total. The molecule has 8 nitrogen and oxygen atoms in total. The first-order chi connectivity index (χ1) is 12.6. The first kappa shape index (κ1) is 18.8. The lowest BCUT2D eigenvalue weighted by Gasteiger charge is -2.35. The molecule has 9 heteroatoms. The Morgan fingerprint density at radius 3 is 2.81 bits per heavy atom. The third-order valence-electron chi connectivity index (χ3n) is 4.63. The van der Waals surface area contributed by atoms with Gasteiger partial charge in [-0.25, -0.2) is 0 Å². The number of aromatic nitrogens is 4. The van der Waals surface area contributed by atoms with Crippen LogP contribution in [-0.2, 0) is 11.8 Å². The topological polar surface area (TPSA) is 104 Å². The molecule has 1 amide bonds. The second-order valence-electron chi connectivity index (χ2n) is 6.34. The molecule has 1 aliphatic rings. The van der Waals surface area contributed by atoms with Crippen molar-refractivity contribution in [2.75, 3.05) is 25.4 Å². The molecule has 0 unspecified atom stereocenters. The Kier molecular flexibility index (Phi) is 6.23. The van der Waals surface area contributed by atoms with E-state index >= 15 is 0 Å². The summed E-state index contributed by atoms with van der Waals surface area (Å²) in [6, 6.07) is 3.76. The molecule has 3 heterocycles. The van der Waals surface area contributed by atoms with Gasteiger partial charge in [0.05, 0.1) is 6.10 Å². The highest BCUT2D eigenvalue weighted by Gasteiger charge is 2.29. The summed E-state index contributed by atoms with van der Waals surface area (Å²) < 4.78 is 1.90. The van der Waals surface area contributed by atoms with Gasteiger partial charge in [-0.2, -0.15) is 0 Å². The van der Waals surface area contributed by atoms with Crippen molar-refractivity contribution in [3.05, 3.63) is 24.5 Å². The predicted octanol–water partition coefficient (Wildman–Crippen LogP) is 0.561. The SMILES string of the molecule is Cn1c(SCCC(=O)N2CC[C@H](CO)[C@@H](O)C2)nnc1-c1ccncc1. The third kappa shape index (κ3) is 4.22. The molecule has 2 aromatic heterocycles. The number of amides is 1. The van der Waals surface area contributed by atoms with E-state index in [1.165, 1.54) is 11.8 Å². The predicted molar refractivity (Wildman–Crippen MR) is 97.4 cm³/mol. The van der Waals surface area contributed by atoms with Crippen LogP contribution in [0.3, 0.4) is 0 Å². The van der Waals surface area contributed by atoms with Gasteiger partial charge in [0.25, 0.3) is 0 Å². The Labute approximate surface area is 156 Å². The van der Waals surface area contributed by atoms with E-state index in [-0.39, 0.29) is 18.4 Å². The van der Waals surface area contributed by atoms with Gasteiger partial charge < -0.3 is 19.7 Å². The number of rotatable bonds is 6.